The van der Waals surface area contributed by atoms with E-state index in [2.05, 4.69) is 12.6 Å². The van der Waals surface area contributed by atoms with Crippen LogP contribution in [0.15, 0.2) is 67.3 Å². The Kier molecular flexibility index (Phi) is 3.61. The maximum Gasteiger partial charge on any atom is 0.339 e. The van der Waals surface area contributed by atoms with E-state index < -0.39 is 5.60 Å². The van der Waals surface area contributed by atoms with Crippen molar-refractivity contribution in [1.82, 2.24) is 0 Å². The third kappa shape index (κ3) is 2.49. The molecule has 21 heavy (non-hydrogen) atoms. The van der Waals surface area contributed by atoms with Crippen LogP contribution >= 0.6 is 0 Å². The normalized spacial score (nSPS) is 20.4. The van der Waals surface area contributed by atoms with Crippen molar-refractivity contribution in [1.29, 1.82) is 0 Å². The van der Waals surface area contributed by atoms with E-state index in [-0.39, 0.29) is 5.97 Å². The molecule has 1 atom stereocenters. The maximum atomic E-state index is 12.4. The van der Waals surface area contributed by atoms with Gasteiger partial charge in [0.2, 0.25) is 0 Å². The lowest BCUT2D eigenvalue weighted by Crippen LogP contribution is -2.34. The molecule has 2 aromatic carbocycles. The number of hydrogen-bond acceptors (Lipinski definition) is 2. The van der Waals surface area contributed by atoms with Crippen LogP contribution in [0.5, 0.6) is 0 Å². The van der Waals surface area contributed by atoms with Gasteiger partial charge in [-0.15, -0.1) is 0 Å². The average Bonchev–Trinajstić information content (AvgIpc) is 2.56. The number of aryl methyl sites for hydroxylation is 1. The van der Waals surface area contributed by atoms with Gasteiger partial charge in [-0.25, -0.2) is 4.79 Å². The van der Waals surface area contributed by atoms with Crippen LogP contribution in [-0.2, 0) is 16.8 Å². The molecule has 0 saturated heterocycles. The second kappa shape index (κ2) is 5.57. The Labute approximate surface area is 125 Å². The van der Waals surface area contributed by atoms with Crippen molar-refractivity contribution in [2.24, 2.45) is 0 Å². The number of fused-ring (bicyclic) bond motifs is 1. The molecule has 2 heteroatoms. The second-order valence-corrected chi connectivity index (χ2v) is 5.36. The molecular formula is C19H18O2. The van der Waals surface area contributed by atoms with E-state index in [0.29, 0.717) is 5.56 Å². The summed E-state index contributed by atoms with van der Waals surface area (Å²) in [5.41, 5.74) is 2.17. The smallest absolute Gasteiger partial charge is 0.339 e. The van der Waals surface area contributed by atoms with Gasteiger partial charge in [0.25, 0.3) is 0 Å². The number of carbonyl (C=O) groups excluding carboxylic acids is 1. The van der Waals surface area contributed by atoms with E-state index in [0.717, 1.165) is 24.8 Å². The zero-order valence-electron chi connectivity index (χ0n) is 11.9. The third-order valence-electron chi connectivity index (χ3n) is 4.08. The molecule has 0 radical (unpaired) electrons. The highest BCUT2D eigenvalue weighted by molar-refractivity contribution is 5.89. The monoisotopic (exact) mass is 278 g/mol. The fraction of sp³-hybridized carbons (Fsp3) is 0.211. The first-order valence-electron chi connectivity index (χ1n) is 7.25. The van der Waals surface area contributed by atoms with Gasteiger partial charge in [0.15, 0.2) is 5.60 Å². The Morgan fingerprint density at radius 2 is 1.81 bits per heavy atom. The van der Waals surface area contributed by atoms with Crippen LogP contribution in [0.3, 0.4) is 0 Å². The molecule has 0 fully saturated rings. The van der Waals surface area contributed by atoms with Gasteiger partial charge < -0.3 is 4.74 Å². The number of ether oxygens (including phenoxy) is 1. The van der Waals surface area contributed by atoms with Crippen molar-refractivity contribution < 1.29 is 9.53 Å². The second-order valence-electron chi connectivity index (χ2n) is 5.36. The highest BCUT2D eigenvalue weighted by Crippen LogP contribution is 2.39. The first-order chi connectivity index (χ1) is 10.2. The van der Waals surface area contributed by atoms with Gasteiger partial charge in [-0.2, -0.15) is 0 Å². The molecule has 0 aromatic heterocycles. The summed E-state index contributed by atoms with van der Waals surface area (Å²) in [5, 5.41) is 0. The summed E-state index contributed by atoms with van der Waals surface area (Å²) in [6.45, 7) is 3.92. The van der Waals surface area contributed by atoms with Gasteiger partial charge in [0, 0.05) is 5.56 Å². The molecule has 0 saturated carbocycles. The highest BCUT2D eigenvalue weighted by atomic mass is 16.6. The molecule has 0 heterocycles. The fourth-order valence-electron chi connectivity index (χ4n) is 2.99. The molecule has 0 spiro atoms. The molecule has 3 rings (SSSR count). The number of esters is 1. The fourth-order valence-corrected chi connectivity index (χ4v) is 2.99. The predicted molar refractivity (Wildman–Crippen MR) is 83.1 cm³/mol. The molecule has 1 aliphatic carbocycles. The van der Waals surface area contributed by atoms with E-state index in [1.54, 1.807) is 18.2 Å². The van der Waals surface area contributed by atoms with E-state index in [1.807, 2.05) is 36.4 Å². The Morgan fingerprint density at radius 1 is 1.10 bits per heavy atom. The zero-order valence-corrected chi connectivity index (χ0v) is 11.9. The SMILES string of the molecule is C=C[C@]1(OC(=O)c2ccccc2)CCCc2ccccc21. The molecule has 1 aliphatic rings. The minimum Gasteiger partial charge on any atom is -0.446 e. The van der Waals surface area contributed by atoms with Crippen molar-refractivity contribution >= 4 is 5.97 Å². The number of benzene rings is 2. The van der Waals surface area contributed by atoms with Gasteiger partial charge >= 0.3 is 5.97 Å². The summed E-state index contributed by atoms with van der Waals surface area (Å²) in [4.78, 5) is 12.4. The summed E-state index contributed by atoms with van der Waals surface area (Å²) in [6, 6.07) is 17.3. The summed E-state index contributed by atoms with van der Waals surface area (Å²) < 4.78 is 5.88. The van der Waals surface area contributed by atoms with Crippen LogP contribution in [0.25, 0.3) is 0 Å². The van der Waals surface area contributed by atoms with Crippen molar-refractivity contribution in [3.8, 4) is 0 Å². The van der Waals surface area contributed by atoms with Gasteiger partial charge in [0.1, 0.15) is 0 Å². The van der Waals surface area contributed by atoms with Crippen molar-refractivity contribution in [2.75, 3.05) is 0 Å². The lowest BCUT2D eigenvalue weighted by molar-refractivity contribution is -0.00520. The van der Waals surface area contributed by atoms with E-state index in [9.17, 15) is 4.79 Å². The Morgan fingerprint density at radius 3 is 2.57 bits per heavy atom. The van der Waals surface area contributed by atoms with Gasteiger partial charge in [0.05, 0.1) is 5.56 Å². The van der Waals surface area contributed by atoms with Crippen molar-refractivity contribution in [3.63, 3.8) is 0 Å². The summed E-state index contributed by atoms with van der Waals surface area (Å²) in [6.07, 6.45) is 4.57. The summed E-state index contributed by atoms with van der Waals surface area (Å²) in [7, 11) is 0. The zero-order chi connectivity index (χ0) is 14.7. The van der Waals surface area contributed by atoms with Gasteiger partial charge in [-0.05, 0) is 43.0 Å². The Hall–Kier alpha value is -2.35. The van der Waals surface area contributed by atoms with Crippen LogP contribution in [-0.4, -0.2) is 5.97 Å². The van der Waals surface area contributed by atoms with Crippen molar-refractivity contribution in [2.45, 2.75) is 24.9 Å². The molecular weight excluding hydrogens is 260 g/mol. The molecule has 106 valence electrons. The summed E-state index contributed by atoms with van der Waals surface area (Å²) >= 11 is 0. The van der Waals surface area contributed by atoms with Crippen LogP contribution in [0.1, 0.15) is 34.3 Å². The summed E-state index contributed by atoms with van der Waals surface area (Å²) in [5.74, 6) is -0.299. The molecule has 2 aromatic rings. The Balaban J connectivity index is 1.96. The first-order valence-corrected chi connectivity index (χ1v) is 7.25. The maximum absolute atomic E-state index is 12.4. The lowest BCUT2D eigenvalue weighted by atomic mass is 9.79. The van der Waals surface area contributed by atoms with Crippen LogP contribution in [0, 0.1) is 0 Å². The van der Waals surface area contributed by atoms with Crippen LogP contribution in [0.2, 0.25) is 0 Å². The van der Waals surface area contributed by atoms with Gasteiger partial charge in [-0.3, -0.25) is 0 Å². The number of rotatable bonds is 3. The molecule has 2 nitrogen and oxygen atoms in total. The Bertz CT molecular complexity index is 660. The van der Waals surface area contributed by atoms with E-state index >= 15 is 0 Å². The quantitative estimate of drug-likeness (QED) is 0.619. The van der Waals surface area contributed by atoms with Crippen LogP contribution in [0.4, 0.5) is 0 Å². The first kappa shape index (κ1) is 13.6. The predicted octanol–water partition coefficient (Wildman–Crippen LogP) is 4.26. The molecule has 0 aliphatic heterocycles. The number of carbonyl (C=O) groups is 1. The van der Waals surface area contributed by atoms with E-state index in [4.69, 9.17) is 4.74 Å². The highest BCUT2D eigenvalue weighted by Gasteiger charge is 2.37. The van der Waals surface area contributed by atoms with Gasteiger partial charge in [-0.1, -0.05) is 49.0 Å². The van der Waals surface area contributed by atoms with Crippen molar-refractivity contribution in [3.05, 3.63) is 83.9 Å². The molecule has 0 amide bonds. The molecule has 0 N–H and O–H groups in total. The number of hydrogen-bond donors (Lipinski definition) is 0. The lowest BCUT2D eigenvalue weighted by Gasteiger charge is -2.36. The molecule has 0 unspecified atom stereocenters. The minimum absolute atomic E-state index is 0.299. The standard InChI is InChI=1S/C19H18O2/c1-2-19(21-18(20)16-10-4-3-5-11-16)14-8-12-15-9-6-7-13-17(15)19/h2-7,9-11,13H,1,8,12,14H2/t19-/m0/s1. The van der Waals surface area contributed by atoms with E-state index in [1.165, 1.54) is 5.56 Å². The minimum atomic E-state index is -0.707. The van der Waals surface area contributed by atoms with Crippen LogP contribution < -0.4 is 0 Å². The molecule has 0 bridgehead atoms. The largest absolute Gasteiger partial charge is 0.446 e. The topological polar surface area (TPSA) is 26.3 Å². The average molecular weight is 278 g/mol. The third-order valence-corrected chi connectivity index (χ3v) is 4.08.